The first kappa shape index (κ1) is 17.2. The molecule has 0 aliphatic heterocycles. The van der Waals surface area contributed by atoms with Gasteiger partial charge in [0.15, 0.2) is 5.67 Å². The molecule has 1 N–H and O–H groups in total. The smallest absolute Gasteiger partial charge is 0.269 e. The summed E-state index contributed by atoms with van der Waals surface area (Å²) in [5.74, 6) is -3.63. The third-order valence-corrected chi connectivity index (χ3v) is 4.67. The molecule has 4 nitrogen and oxygen atoms in total. The summed E-state index contributed by atoms with van der Waals surface area (Å²) < 4.78 is 68.7. The topological polar surface area (TPSA) is 46.9 Å². The van der Waals surface area contributed by atoms with Crippen LogP contribution in [0.2, 0.25) is 0 Å². The maximum atomic E-state index is 14.4. The first-order valence-electron chi connectivity index (χ1n) is 7.68. The zero-order chi connectivity index (χ0) is 17.9. The highest BCUT2D eigenvalue weighted by Crippen LogP contribution is 2.54. The molecule has 24 heavy (non-hydrogen) atoms. The lowest BCUT2D eigenvalue weighted by Crippen LogP contribution is -2.47. The van der Waals surface area contributed by atoms with E-state index in [9.17, 15) is 26.7 Å². The average molecular weight is 351 g/mol. The van der Waals surface area contributed by atoms with Crippen molar-refractivity contribution in [3.8, 4) is 0 Å². The number of aromatic nitrogens is 2. The molecule has 0 radical (unpaired) electrons. The molecule has 0 bridgehead atoms. The van der Waals surface area contributed by atoms with E-state index in [0.29, 0.717) is 0 Å². The van der Waals surface area contributed by atoms with Crippen molar-refractivity contribution in [1.29, 1.82) is 0 Å². The van der Waals surface area contributed by atoms with Crippen LogP contribution < -0.4 is 5.32 Å². The molecule has 0 unspecified atom stereocenters. The van der Waals surface area contributed by atoms with Crippen LogP contribution in [0.3, 0.4) is 0 Å². The zero-order valence-electron chi connectivity index (χ0n) is 13.3. The summed E-state index contributed by atoms with van der Waals surface area (Å²) in [5, 5.41) is 6.14. The molecule has 0 atom stereocenters. The molecule has 0 aromatic carbocycles. The van der Waals surface area contributed by atoms with Gasteiger partial charge in [-0.2, -0.15) is 5.10 Å². The van der Waals surface area contributed by atoms with Gasteiger partial charge < -0.3 is 5.32 Å². The Balaban J connectivity index is 2.03. The van der Waals surface area contributed by atoms with Crippen molar-refractivity contribution in [2.24, 2.45) is 5.41 Å². The molecule has 2 fully saturated rings. The molecule has 3 rings (SSSR count). The van der Waals surface area contributed by atoms with E-state index in [1.807, 2.05) is 0 Å². The molecule has 2 aliphatic carbocycles. The van der Waals surface area contributed by atoms with Crippen molar-refractivity contribution in [3.05, 3.63) is 17.0 Å². The fraction of sp³-hybridized carbons (Fsp3) is 0.733. The predicted molar refractivity (Wildman–Crippen MR) is 74.9 cm³/mol. The third-order valence-electron chi connectivity index (χ3n) is 4.67. The molecular weight excluding hydrogens is 333 g/mol. The number of nitrogens with zero attached hydrogens (tertiary/aromatic N) is 2. The first-order valence-corrected chi connectivity index (χ1v) is 7.68. The second-order valence-electron chi connectivity index (χ2n) is 7.13. The van der Waals surface area contributed by atoms with Crippen LogP contribution in [0, 0.1) is 5.41 Å². The molecule has 9 heteroatoms. The largest absolute Gasteiger partial charge is 0.354 e. The summed E-state index contributed by atoms with van der Waals surface area (Å²) in [6, 6.07) is 0. The number of carbonyl (C=O) groups excluding carboxylic acids is 1. The predicted octanol–water partition coefficient (Wildman–Crippen LogP) is 3.57. The van der Waals surface area contributed by atoms with Crippen LogP contribution in [0.4, 0.5) is 22.0 Å². The van der Waals surface area contributed by atoms with Crippen molar-refractivity contribution >= 4 is 5.91 Å². The van der Waals surface area contributed by atoms with Crippen molar-refractivity contribution in [3.63, 3.8) is 0 Å². The van der Waals surface area contributed by atoms with Gasteiger partial charge in [0.25, 0.3) is 12.3 Å². The van der Waals surface area contributed by atoms with E-state index >= 15 is 0 Å². The number of alkyl halides is 5. The lowest BCUT2D eigenvalue weighted by atomic mass is 9.67. The Morgan fingerprint density at radius 3 is 2.29 bits per heavy atom. The Morgan fingerprint density at radius 2 is 1.88 bits per heavy atom. The number of nitrogens with one attached hydrogen (secondary N) is 1. The van der Waals surface area contributed by atoms with Crippen LogP contribution in [0.1, 0.15) is 60.8 Å². The number of hydrogen-bond acceptors (Lipinski definition) is 2. The number of halogens is 5. The van der Waals surface area contributed by atoms with Crippen LogP contribution in [0.15, 0.2) is 0 Å². The molecule has 1 amide bonds. The van der Waals surface area contributed by atoms with Crippen LogP contribution >= 0.6 is 0 Å². The maximum absolute atomic E-state index is 14.4. The second kappa shape index (κ2) is 5.16. The Bertz CT molecular complexity index is 673. The normalized spacial score (nSPS) is 23.0. The van der Waals surface area contributed by atoms with Gasteiger partial charge in [0.2, 0.25) is 5.92 Å². The van der Waals surface area contributed by atoms with Crippen LogP contribution in [-0.2, 0) is 12.2 Å². The van der Waals surface area contributed by atoms with E-state index in [-0.39, 0.29) is 19.4 Å². The molecule has 1 aromatic heterocycles. The molecular formula is C15H18F5N3O. The van der Waals surface area contributed by atoms with Gasteiger partial charge in [0, 0.05) is 26.4 Å². The molecule has 1 aromatic rings. The molecule has 1 heterocycles. The monoisotopic (exact) mass is 351 g/mol. The van der Waals surface area contributed by atoms with Crippen molar-refractivity contribution in [2.75, 3.05) is 7.05 Å². The number of hydrogen-bond donors (Lipinski definition) is 1. The minimum absolute atomic E-state index is 0.0618. The lowest BCUT2D eigenvalue weighted by molar-refractivity contribution is -0.160. The quantitative estimate of drug-likeness (QED) is 0.825. The zero-order valence-corrected chi connectivity index (χ0v) is 13.3. The minimum Gasteiger partial charge on any atom is -0.354 e. The van der Waals surface area contributed by atoms with Gasteiger partial charge in [-0.15, -0.1) is 0 Å². The fourth-order valence-electron chi connectivity index (χ4n) is 3.50. The van der Waals surface area contributed by atoms with Crippen molar-refractivity contribution < 1.29 is 26.7 Å². The maximum Gasteiger partial charge on any atom is 0.269 e. The molecule has 2 aliphatic rings. The molecule has 0 spiro atoms. The standard InChI is InChI=1S/C15H18F5N3O/c1-13(5-15(19,20)6-13)7-23-9(12(24)21-2)8(11(16)17)10(22-23)14(18)3-4-14/h11H,3-7H2,1-2H3,(H,21,24). The summed E-state index contributed by atoms with van der Waals surface area (Å²) in [6.45, 7) is 1.44. The summed E-state index contributed by atoms with van der Waals surface area (Å²) in [5.41, 5.74) is -4.44. The van der Waals surface area contributed by atoms with E-state index in [4.69, 9.17) is 0 Å². The Labute approximate surface area is 135 Å². The molecule has 134 valence electrons. The van der Waals surface area contributed by atoms with E-state index in [1.165, 1.54) is 7.05 Å². The highest BCUT2D eigenvalue weighted by atomic mass is 19.3. The molecule has 0 saturated heterocycles. The summed E-state index contributed by atoms with van der Waals surface area (Å²) >= 11 is 0. The van der Waals surface area contributed by atoms with Gasteiger partial charge >= 0.3 is 0 Å². The minimum atomic E-state index is -3.08. The lowest BCUT2D eigenvalue weighted by Gasteiger charge is -2.44. The van der Waals surface area contributed by atoms with Gasteiger partial charge in [-0.3, -0.25) is 9.48 Å². The second-order valence-corrected chi connectivity index (χ2v) is 7.13. The Morgan fingerprint density at radius 1 is 1.29 bits per heavy atom. The van der Waals surface area contributed by atoms with Gasteiger partial charge in [0.05, 0.1) is 5.56 Å². The SMILES string of the molecule is CNC(=O)c1c(C(F)F)c(C2(F)CC2)nn1CC1(C)CC(F)(F)C1. The van der Waals surface area contributed by atoms with Crippen molar-refractivity contribution in [1.82, 2.24) is 15.1 Å². The first-order chi connectivity index (χ1) is 11.0. The van der Waals surface area contributed by atoms with Gasteiger partial charge in [-0.1, -0.05) is 6.92 Å². The molecule has 2 saturated carbocycles. The van der Waals surface area contributed by atoms with Gasteiger partial charge in [0.1, 0.15) is 11.4 Å². The van der Waals surface area contributed by atoms with E-state index in [2.05, 4.69) is 10.4 Å². The summed E-state index contributed by atoms with van der Waals surface area (Å²) in [7, 11) is 1.26. The summed E-state index contributed by atoms with van der Waals surface area (Å²) in [6.07, 6.45) is -3.80. The highest BCUT2D eigenvalue weighted by molar-refractivity contribution is 5.94. The van der Waals surface area contributed by atoms with E-state index in [1.54, 1.807) is 6.92 Å². The number of rotatable bonds is 5. The highest BCUT2D eigenvalue weighted by Gasteiger charge is 2.55. The van der Waals surface area contributed by atoms with E-state index in [0.717, 1.165) is 4.68 Å². The van der Waals surface area contributed by atoms with Crippen LogP contribution in [0.25, 0.3) is 0 Å². The summed E-state index contributed by atoms with van der Waals surface area (Å²) in [4.78, 5) is 12.1. The third kappa shape index (κ3) is 2.77. The number of carbonyl (C=O) groups is 1. The Hall–Kier alpha value is -1.67. The van der Waals surface area contributed by atoms with Crippen LogP contribution in [-0.4, -0.2) is 28.7 Å². The Kier molecular flexibility index (Phi) is 3.69. The van der Waals surface area contributed by atoms with Gasteiger partial charge in [-0.05, 0) is 18.3 Å². The van der Waals surface area contributed by atoms with Crippen LogP contribution in [0.5, 0.6) is 0 Å². The van der Waals surface area contributed by atoms with Crippen molar-refractivity contribution in [2.45, 2.75) is 57.2 Å². The van der Waals surface area contributed by atoms with E-state index < -0.39 is 59.1 Å². The van der Waals surface area contributed by atoms with Gasteiger partial charge in [-0.25, -0.2) is 22.0 Å². The average Bonchev–Trinajstić information content (AvgIpc) is 3.05. The number of amides is 1. The fourth-order valence-corrected chi connectivity index (χ4v) is 3.50.